The molecule has 0 unspecified atom stereocenters. The van der Waals surface area contributed by atoms with Gasteiger partial charge in [-0.05, 0) is 72.1 Å². The number of amides is 1. The quantitative estimate of drug-likeness (QED) is 0.210. The predicted octanol–water partition coefficient (Wildman–Crippen LogP) is 7.43. The second-order valence-electron chi connectivity index (χ2n) is 9.22. The SMILES string of the molecule is COc1cc(/C=C2/SC(=Nc3ccc(C)cc3)N(CCc3ccccc3)C2=O)ccc1OCc1ccccc1. The van der Waals surface area contributed by atoms with Crippen LogP contribution >= 0.6 is 11.8 Å². The van der Waals surface area contributed by atoms with Crippen LogP contribution in [0.5, 0.6) is 11.5 Å². The van der Waals surface area contributed by atoms with Gasteiger partial charge in [0.1, 0.15) is 6.61 Å². The number of nitrogens with zero attached hydrogens (tertiary/aromatic N) is 2. The number of benzene rings is 4. The summed E-state index contributed by atoms with van der Waals surface area (Å²) in [6.45, 7) is 3.04. The van der Waals surface area contributed by atoms with E-state index >= 15 is 0 Å². The molecule has 1 heterocycles. The molecule has 0 aromatic heterocycles. The van der Waals surface area contributed by atoms with Gasteiger partial charge in [0.15, 0.2) is 16.7 Å². The van der Waals surface area contributed by atoms with Crippen LogP contribution in [0, 0.1) is 6.92 Å². The predicted molar refractivity (Wildman–Crippen MR) is 159 cm³/mol. The second-order valence-corrected chi connectivity index (χ2v) is 10.2. The topological polar surface area (TPSA) is 51.1 Å². The molecular weight excluding hydrogens is 504 g/mol. The van der Waals surface area contributed by atoms with Crippen molar-refractivity contribution in [2.24, 2.45) is 4.99 Å². The van der Waals surface area contributed by atoms with Crippen LogP contribution in [-0.4, -0.2) is 29.6 Å². The van der Waals surface area contributed by atoms with E-state index < -0.39 is 0 Å². The number of ether oxygens (including phenoxy) is 2. The zero-order valence-corrected chi connectivity index (χ0v) is 22.9. The molecule has 196 valence electrons. The van der Waals surface area contributed by atoms with Gasteiger partial charge in [0, 0.05) is 6.54 Å². The Morgan fingerprint density at radius 3 is 2.23 bits per heavy atom. The minimum absolute atomic E-state index is 0.0508. The van der Waals surface area contributed by atoms with E-state index in [2.05, 4.69) is 12.1 Å². The Bertz CT molecular complexity index is 1480. The number of methoxy groups -OCH3 is 1. The first-order chi connectivity index (χ1) is 19.1. The van der Waals surface area contributed by atoms with Crippen LogP contribution in [0.1, 0.15) is 22.3 Å². The van der Waals surface area contributed by atoms with Crippen molar-refractivity contribution in [3.63, 3.8) is 0 Å². The summed E-state index contributed by atoms with van der Waals surface area (Å²) >= 11 is 1.40. The Morgan fingerprint density at radius 2 is 1.54 bits per heavy atom. The number of hydrogen-bond acceptors (Lipinski definition) is 5. The highest BCUT2D eigenvalue weighted by Gasteiger charge is 2.33. The van der Waals surface area contributed by atoms with E-state index in [1.807, 2.05) is 104 Å². The van der Waals surface area contributed by atoms with Gasteiger partial charge in [-0.1, -0.05) is 84.4 Å². The molecule has 0 radical (unpaired) electrons. The van der Waals surface area contributed by atoms with Crippen LogP contribution < -0.4 is 9.47 Å². The monoisotopic (exact) mass is 534 g/mol. The number of thioether (sulfide) groups is 1. The Balaban J connectivity index is 1.38. The first-order valence-corrected chi connectivity index (χ1v) is 13.7. The van der Waals surface area contributed by atoms with Gasteiger partial charge in [-0.3, -0.25) is 9.69 Å². The number of aryl methyl sites for hydroxylation is 1. The van der Waals surface area contributed by atoms with Gasteiger partial charge < -0.3 is 9.47 Å². The maximum atomic E-state index is 13.6. The first kappa shape index (κ1) is 26.3. The van der Waals surface area contributed by atoms with E-state index in [0.29, 0.717) is 34.7 Å². The summed E-state index contributed by atoms with van der Waals surface area (Å²) in [5, 5.41) is 0.681. The van der Waals surface area contributed by atoms with E-state index in [1.54, 1.807) is 12.0 Å². The Kier molecular flexibility index (Phi) is 8.44. The van der Waals surface area contributed by atoms with E-state index in [4.69, 9.17) is 14.5 Å². The summed E-state index contributed by atoms with van der Waals surface area (Å²) < 4.78 is 11.6. The third-order valence-electron chi connectivity index (χ3n) is 6.34. The molecule has 0 aliphatic carbocycles. The first-order valence-electron chi connectivity index (χ1n) is 12.8. The molecule has 4 aromatic rings. The number of carbonyl (C=O) groups is 1. The van der Waals surface area contributed by atoms with Crippen molar-refractivity contribution in [1.82, 2.24) is 4.90 Å². The number of aliphatic imine (C=N–C) groups is 1. The van der Waals surface area contributed by atoms with E-state index in [1.165, 1.54) is 22.9 Å². The Labute approximate surface area is 233 Å². The number of carbonyl (C=O) groups excluding carboxylic acids is 1. The lowest BCUT2D eigenvalue weighted by Crippen LogP contribution is -2.31. The number of amidine groups is 1. The van der Waals surface area contributed by atoms with Gasteiger partial charge in [-0.15, -0.1) is 0 Å². The summed E-state index contributed by atoms with van der Waals surface area (Å²) in [5.74, 6) is 1.22. The van der Waals surface area contributed by atoms with Gasteiger partial charge in [0.25, 0.3) is 5.91 Å². The molecular formula is C33H30N2O3S. The lowest BCUT2D eigenvalue weighted by molar-refractivity contribution is -0.122. The van der Waals surface area contributed by atoms with Gasteiger partial charge >= 0.3 is 0 Å². The molecule has 0 bridgehead atoms. The molecule has 6 heteroatoms. The van der Waals surface area contributed by atoms with Crippen LogP contribution in [-0.2, 0) is 17.8 Å². The normalized spacial score (nSPS) is 15.2. The fraction of sp³-hybridized carbons (Fsp3) is 0.152. The lowest BCUT2D eigenvalue weighted by atomic mass is 10.1. The van der Waals surface area contributed by atoms with Crippen LogP contribution in [0.25, 0.3) is 6.08 Å². The molecule has 0 spiro atoms. The molecule has 5 nitrogen and oxygen atoms in total. The van der Waals surface area contributed by atoms with Crippen molar-refractivity contribution < 1.29 is 14.3 Å². The molecule has 1 amide bonds. The average molecular weight is 535 g/mol. The Hall–Kier alpha value is -4.29. The maximum absolute atomic E-state index is 13.6. The third-order valence-corrected chi connectivity index (χ3v) is 7.34. The van der Waals surface area contributed by atoms with E-state index in [0.717, 1.165) is 23.2 Å². The molecule has 5 rings (SSSR count). The molecule has 1 saturated heterocycles. The largest absolute Gasteiger partial charge is 0.493 e. The molecule has 0 atom stereocenters. The molecule has 1 fully saturated rings. The van der Waals surface area contributed by atoms with Crippen LogP contribution in [0.4, 0.5) is 5.69 Å². The van der Waals surface area contributed by atoms with Crippen molar-refractivity contribution in [3.05, 3.63) is 130 Å². The highest BCUT2D eigenvalue weighted by molar-refractivity contribution is 8.18. The van der Waals surface area contributed by atoms with E-state index in [-0.39, 0.29) is 5.91 Å². The lowest BCUT2D eigenvalue weighted by Gasteiger charge is -2.15. The fourth-order valence-corrected chi connectivity index (χ4v) is 5.21. The van der Waals surface area contributed by atoms with Crippen molar-refractivity contribution in [3.8, 4) is 11.5 Å². The van der Waals surface area contributed by atoms with Crippen molar-refractivity contribution in [1.29, 1.82) is 0 Å². The smallest absolute Gasteiger partial charge is 0.266 e. The van der Waals surface area contributed by atoms with Gasteiger partial charge in [-0.2, -0.15) is 0 Å². The third kappa shape index (κ3) is 6.78. The summed E-state index contributed by atoms with van der Waals surface area (Å²) in [4.78, 5) is 20.8. The van der Waals surface area contributed by atoms with Crippen molar-refractivity contribution in [2.45, 2.75) is 20.0 Å². The van der Waals surface area contributed by atoms with Gasteiger partial charge in [0.2, 0.25) is 0 Å². The molecule has 1 aliphatic heterocycles. The minimum atomic E-state index is -0.0508. The van der Waals surface area contributed by atoms with Crippen LogP contribution in [0.2, 0.25) is 0 Å². The van der Waals surface area contributed by atoms with Crippen LogP contribution in [0.3, 0.4) is 0 Å². The minimum Gasteiger partial charge on any atom is -0.493 e. The Morgan fingerprint density at radius 1 is 0.846 bits per heavy atom. The molecule has 0 saturated carbocycles. The number of rotatable bonds is 9. The summed E-state index contributed by atoms with van der Waals surface area (Å²) in [5.41, 5.74) is 5.10. The molecule has 39 heavy (non-hydrogen) atoms. The van der Waals surface area contributed by atoms with Crippen LogP contribution in [0.15, 0.2) is 113 Å². The van der Waals surface area contributed by atoms with Crippen molar-refractivity contribution >= 4 is 34.6 Å². The second kappa shape index (κ2) is 12.5. The standard InChI is InChI=1S/C33H30N2O3S/c1-24-13-16-28(17-14-24)34-33-35(20-19-25-9-5-3-6-10-25)32(36)31(39-33)22-27-15-18-29(30(21-27)37-2)38-23-26-11-7-4-8-12-26/h3-18,21-22H,19-20,23H2,1-2H3/b31-22+,34-33?. The zero-order valence-electron chi connectivity index (χ0n) is 22.0. The maximum Gasteiger partial charge on any atom is 0.266 e. The summed E-state index contributed by atoms with van der Waals surface area (Å²) in [7, 11) is 1.62. The van der Waals surface area contributed by atoms with Crippen molar-refractivity contribution in [2.75, 3.05) is 13.7 Å². The number of hydrogen-bond donors (Lipinski definition) is 0. The van der Waals surface area contributed by atoms with Gasteiger partial charge in [-0.25, -0.2) is 4.99 Å². The molecule has 0 N–H and O–H groups in total. The molecule has 4 aromatic carbocycles. The highest BCUT2D eigenvalue weighted by Crippen LogP contribution is 2.36. The molecule has 1 aliphatic rings. The van der Waals surface area contributed by atoms with Gasteiger partial charge in [0.05, 0.1) is 17.7 Å². The highest BCUT2D eigenvalue weighted by atomic mass is 32.2. The fourth-order valence-electron chi connectivity index (χ4n) is 4.18. The summed E-state index contributed by atoms with van der Waals surface area (Å²) in [6, 6.07) is 33.9. The zero-order chi connectivity index (χ0) is 27.0. The summed E-state index contributed by atoms with van der Waals surface area (Å²) in [6.07, 6.45) is 2.64. The average Bonchev–Trinajstić information content (AvgIpc) is 3.26. The van der Waals surface area contributed by atoms with E-state index in [9.17, 15) is 4.79 Å².